The molecule has 0 aliphatic carbocycles. The van der Waals surface area contributed by atoms with Crippen LogP contribution in [0.15, 0.2) is 12.1 Å². The molecule has 0 fully saturated rings. The van der Waals surface area contributed by atoms with Crippen molar-refractivity contribution in [3.8, 4) is 6.07 Å². The van der Waals surface area contributed by atoms with Gasteiger partial charge in [0, 0.05) is 0 Å². The van der Waals surface area contributed by atoms with Gasteiger partial charge in [-0.1, -0.05) is 0 Å². The Hall–Kier alpha value is -1.78. The maximum Gasteiger partial charge on any atom is 0.433 e. The van der Waals surface area contributed by atoms with Gasteiger partial charge in [-0.2, -0.15) is 31.6 Å². The van der Waals surface area contributed by atoms with Crippen molar-refractivity contribution < 1.29 is 26.3 Å². The fourth-order valence-corrected chi connectivity index (χ4v) is 1.07. The van der Waals surface area contributed by atoms with Gasteiger partial charge in [0.25, 0.3) is 0 Å². The highest BCUT2D eigenvalue weighted by Crippen LogP contribution is 2.34. The summed E-state index contributed by atoms with van der Waals surface area (Å²) in [4.78, 5) is 2.96. The van der Waals surface area contributed by atoms with Gasteiger partial charge in [0.2, 0.25) is 0 Å². The number of halogens is 6. The van der Waals surface area contributed by atoms with Gasteiger partial charge in [-0.05, 0) is 12.1 Å². The smallest absolute Gasteiger partial charge is 0.247 e. The van der Waals surface area contributed by atoms with E-state index >= 15 is 0 Å². The van der Waals surface area contributed by atoms with Gasteiger partial charge >= 0.3 is 12.4 Å². The highest BCUT2D eigenvalue weighted by atomic mass is 19.4. The van der Waals surface area contributed by atoms with Gasteiger partial charge in [0.15, 0.2) is 0 Å². The summed E-state index contributed by atoms with van der Waals surface area (Å²) in [6, 6.07) is 1.79. The first-order chi connectivity index (χ1) is 7.64. The van der Waals surface area contributed by atoms with E-state index in [2.05, 4.69) is 4.98 Å². The third-order valence-corrected chi connectivity index (χ3v) is 1.76. The second-order valence-corrected chi connectivity index (χ2v) is 3.06. The molecule has 0 unspecified atom stereocenters. The molecule has 0 aliphatic heterocycles. The predicted molar refractivity (Wildman–Crippen MR) is 43.6 cm³/mol. The Morgan fingerprint density at radius 1 is 1.06 bits per heavy atom. The molecule has 2 nitrogen and oxygen atoms in total. The van der Waals surface area contributed by atoms with Gasteiger partial charge in [-0.3, -0.25) is 0 Å². The molecule has 1 aromatic rings. The van der Waals surface area contributed by atoms with Crippen molar-refractivity contribution in [2.75, 3.05) is 0 Å². The summed E-state index contributed by atoms with van der Waals surface area (Å²) in [7, 11) is 0. The van der Waals surface area contributed by atoms with Crippen molar-refractivity contribution in [1.82, 2.24) is 4.98 Å². The lowest BCUT2D eigenvalue weighted by Gasteiger charge is -2.12. The van der Waals surface area contributed by atoms with Crippen LogP contribution in [0.2, 0.25) is 0 Å². The van der Waals surface area contributed by atoms with E-state index in [0.717, 1.165) is 0 Å². The van der Waals surface area contributed by atoms with E-state index in [-0.39, 0.29) is 6.07 Å². The van der Waals surface area contributed by atoms with E-state index in [1.165, 1.54) is 6.07 Å². The first-order valence-electron chi connectivity index (χ1n) is 4.17. The Kier molecular flexibility index (Phi) is 3.31. The van der Waals surface area contributed by atoms with Gasteiger partial charge in [-0.15, -0.1) is 0 Å². The van der Waals surface area contributed by atoms with Crippen molar-refractivity contribution in [3.63, 3.8) is 0 Å². The molecule has 0 atom stereocenters. The molecule has 0 aliphatic rings. The maximum atomic E-state index is 12.3. The van der Waals surface area contributed by atoms with E-state index in [1.807, 2.05) is 0 Å². The lowest BCUT2D eigenvalue weighted by atomic mass is 10.1. The second kappa shape index (κ2) is 4.24. The lowest BCUT2D eigenvalue weighted by molar-refractivity contribution is -0.145. The Bertz CT molecular complexity index is 422. The summed E-state index contributed by atoms with van der Waals surface area (Å²) in [6.07, 6.45) is -10.5. The van der Waals surface area contributed by atoms with E-state index < -0.39 is 35.7 Å². The molecule has 0 saturated heterocycles. The number of rotatable bonds is 1. The van der Waals surface area contributed by atoms with E-state index in [0.29, 0.717) is 6.07 Å². The number of nitriles is 1. The zero-order chi connectivity index (χ0) is 13.3. The van der Waals surface area contributed by atoms with Crippen molar-refractivity contribution in [2.45, 2.75) is 18.8 Å². The summed E-state index contributed by atoms with van der Waals surface area (Å²) in [5.74, 6) is 0. The number of nitrogens with zero attached hydrogens (tertiary/aromatic N) is 2. The highest BCUT2D eigenvalue weighted by molar-refractivity contribution is 5.26. The largest absolute Gasteiger partial charge is 0.433 e. The summed E-state index contributed by atoms with van der Waals surface area (Å²) >= 11 is 0. The minimum absolute atomic E-state index is 0.0825. The van der Waals surface area contributed by atoms with Crippen LogP contribution < -0.4 is 0 Å². The van der Waals surface area contributed by atoms with Crippen LogP contribution >= 0.6 is 0 Å². The van der Waals surface area contributed by atoms with Crippen molar-refractivity contribution >= 4 is 0 Å². The predicted octanol–water partition coefficient (Wildman–Crippen LogP) is 3.19. The van der Waals surface area contributed by atoms with Crippen LogP contribution in [-0.4, -0.2) is 4.98 Å². The Balaban J connectivity index is 3.35. The molecule has 1 aromatic heterocycles. The first-order valence-corrected chi connectivity index (χ1v) is 4.17. The minimum atomic E-state index is -4.98. The molecule has 1 heterocycles. The molecule has 0 bridgehead atoms. The molecule has 1 rings (SSSR count). The highest BCUT2D eigenvalue weighted by Gasteiger charge is 2.38. The standard InChI is InChI=1S/C9H4F6N2/c10-8(11,12)5-3-6(1-2-16)17-7(4-5)9(13,14)15/h3-4H,1H2. The van der Waals surface area contributed by atoms with Crippen molar-refractivity contribution in [3.05, 3.63) is 29.1 Å². The van der Waals surface area contributed by atoms with Gasteiger partial charge in [0.05, 0.1) is 23.7 Å². The molecule has 0 radical (unpaired) electrons. The van der Waals surface area contributed by atoms with Crippen molar-refractivity contribution in [2.24, 2.45) is 0 Å². The third-order valence-electron chi connectivity index (χ3n) is 1.76. The van der Waals surface area contributed by atoms with Crippen LogP contribution in [0.25, 0.3) is 0 Å². The number of aromatic nitrogens is 1. The summed E-state index contributed by atoms with van der Waals surface area (Å²) < 4.78 is 73.7. The minimum Gasteiger partial charge on any atom is -0.247 e. The molecule has 0 aromatic carbocycles. The number of alkyl halides is 6. The molecule has 0 amide bonds. The number of pyridine rings is 1. The zero-order valence-electron chi connectivity index (χ0n) is 8.02. The average molecular weight is 254 g/mol. The molecule has 92 valence electrons. The van der Waals surface area contributed by atoms with Crippen LogP contribution in [0.4, 0.5) is 26.3 Å². The van der Waals surface area contributed by atoms with Crippen LogP contribution in [0.5, 0.6) is 0 Å². The Labute approximate surface area is 91.5 Å². The van der Waals surface area contributed by atoms with E-state index in [9.17, 15) is 26.3 Å². The molecular weight excluding hydrogens is 250 g/mol. The molecule has 0 saturated carbocycles. The first kappa shape index (κ1) is 13.3. The van der Waals surface area contributed by atoms with E-state index in [1.54, 1.807) is 0 Å². The Morgan fingerprint density at radius 3 is 2.06 bits per heavy atom. The number of hydrogen-bond acceptors (Lipinski definition) is 2. The number of hydrogen-bond donors (Lipinski definition) is 0. The summed E-state index contributed by atoms with van der Waals surface area (Å²) in [5.41, 5.74) is -3.68. The van der Waals surface area contributed by atoms with Crippen LogP contribution in [0.1, 0.15) is 17.0 Å². The SMILES string of the molecule is N#CCc1cc(C(F)(F)F)cc(C(F)(F)F)n1. The maximum absolute atomic E-state index is 12.3. The Morgan fingerprint density at radius 2 is 1.65 bits per heavy atom. The van der Waals surface area contributed by atoms with Crippen LogP contribution in [-0.2, 0) is 18.8 Å². The second-order valence-electron chi connectivity index (χ2n) is 3.06. The van der Waals surface area contributed by atoms with Crippen LogP contribution in [0.3, 0.4) is 0 Å². The molecular formula is C9H4F6N2. The summed E-state index contributed by atoms with van der Waals surface area (Å²) in [6.45, 7) is 0. The van der Waals surface area contributed by atoms with Gasteiger partial charge in [-0.25, -0.2) is 4.98 Å². The monoisotopic (exact) mass is 254 g/mol. The van der Waals surface area contributed by atoms with E-state index in [4.69, 9.17) is 5.26 Å². The topological polar surface area (TPSA) is 36.7 Å². The molecule has 8 heteroatoms. The zero-order valence-corrected chi connectivity index (χ0v) is 8.02. The van der Waals surface area contributed by atoms with Gasteiger partial charge < -0.3 is 0 Å². The quantitative estimate of drug-likeness (QED) is 0.721. The molecule has 0 N–H and O–H groups in total. The van der Waals surface area contributed by atoms with Crippen LogP contribution in [0, 0.1) is 11.3 Å². The molecule has 0 spiro atoms. The third kappa shape index (κ3) is 3.34. The molecule has 17 heavy (non-hydrogen) atoms. The van der Waals surface area contributed by atoms with Crippen molar-refractivity contribution in [1.29, 1.82) is 5.26 Å². The average Bonchev–Trinajstić information content (AvgIpc) is 2.15. The normalized spacial score (nSPS) is 12.3. The lowest BCUT2D eigenvalue weighted by Crippen LogP contribution is -2.14. The summed E-state index contributed by atoms with van der Waals surface area (Å²) in [5, 5.41) is 8.25. The van der Waals surface area contributed by atoms with Gasteiger partial charge in [0.1, 0.15) is 5.69 Å². The fourth-order valence-electron chi connectivity index (χ4n) is 1.07. The fraction of sp³-hybridized carbons (Fsp3) is 0.333.